The minimum Gasteiger partial charge on any atom is -0.474 e. The zero-order chi connectivity index (χ0) is 14.5. The summed E-state index contributed by atoms with van der Waals surface area (Å²) in [5, 5.41) is 3.30. The first-order valence-corrected chi connectivity index (χ1v) is 6.76. The molecule has 0 bridgehead atoms. The molecule has 5 heteroatoms. The summed E-state index contributed by atoms with van der Waals surface area (Å²) in [6.45, 7) is 11.5. The van der Waals surface area contributed by atoms with Gasteiger partial charge in [-0.15, -0.1) is 0 Å². The average molecular weight is 267 g/mol. The molecule has 0 aliphatic rings. The Morgan fingerprint density at radius 3 is 2.68 bits per heavy atom. The lowest BCUT2D eigenvalue weighted by Crippen LogP contribution is -2.34. The number of aromatic nitrogens is 2. The van der Waals surface area contributed by atoms with Crippen molar-refractivity contribution in [3.8, 4) is 5.88 Å². The van der Waals surface area contributed by atoms with E-state index in [1.807, 2.05) is 20.8 Å². The van der Waals surface area contributed by atoms with E-state index in [9.17, 15) is 4.79 Å². The lowest BCUT2D eigenvalue weighted by Gasteiger charge is -2.22. The molecule has 0 unspecified atom stereocenters. The molecule has 0 fully saturated rings. The van der Waals surface area contributed by atoms with Crippen LogP contribution in [-0.4, -0.2) is 28.7 Å². The van der Waals surface area contributed by atoms with Gasteiger partial charge in [0.15, 0.2) is 0 Å². The zero-order valence-electron chi connectivity index (χ0n) is 12.6. The fraction of sp³-hybridized carbons (Fsp3) is 0.714. The molecule has 1 aromatic heterocycles. The normalized spacial score (nSPS) is 11.9. The Hall–Kier alpha value is -1.36. The van der Waals surface area contributed by atoms with E-state index in [0.717, 1.165) is 13.0 Å². The van der Waals surface area contributed by atoms with Crippen molar-refractivity contribution in [1.29, 1.82) is 0 Å². The molecule has 1 aromatic rings. The molecule has 19 heavy (non-hydrogen) atoms. The van der Waals surface area contributed by atoms with Crippen molar-refractivity contribution in [2.45, 2.75) is 52.6 Å². The second kappa shape index (κ2) is 6.70. The van der Waals surface area contributed by atoms with Gasteiger partial charge in [-0.1, -0.05) is 13.8 Å². The number of hydrogen-bond acceptors (Lipinski definition) is 4. The molecule has 108 valence electrons. The third-order valence-electron chi connectivity index (χ3n) is 2.64. The molecule has 0 spiro atoms. The Morgan fingerprint density at radius 1 is 1.42 bits per heavy atom. The summed E-state index contributed by atoms with van der Waals surface area (Å²) in [5.74, 6) is 0.182. The Balaban J connectivity index is 2.58. The van der Waals surface area contributed by atoms with Crippen LogP contribution in [0, 0.1) is 0 Å². The minimum absolute atomic E-state index is 0.174. The summed E-state index contributed by atoms with van der Waals surface area (Å²) in [4.78, 5) is 16.2. The van der Waals surface area contributed by atoms with Gasteiger partial charge in [-0.3, -0.25) is 4.79 Å². The molecule has 0 saturated carbocycles. The van der Waals surface area contributed by atoms with Gasteiger partial charge in [0.2, 0.25) is 0 Å². The van der Waals surface area contributed by atoms with Crippen LogP contribution in [0.1, 0.15) is 41.0 Å². The second-order valence-electron chi connectivity index (χ2n) is 5.89. The van der Waals surface area contributed by atoms with Crippen molar-refractivity contribution < 1.29 is 4.74 Å². The fourth-order valence-corrected chi connectivity index (χ4v) is 1.65. The monoisotopic (exact) mass is 267 g/mol. The Bertz CT molecular complexity index is 447. The molecule has 0 radical (unpaired) electrons. The lowest BCUT2D eigenvalue weighted by atomic mass is 10.1. The number of rotatable bonds is 6. The minimum atomic E-state index is -0.267. The first-order valence-electron chi connectivity index (χ1n) is 6.76. The molecule has 0 amide bonds. The van der Waals surface area contributed by atoms with E-state index in [2.05, 4.69) is 24.1 Å². The number of nitrogens with one attached hydrogen (secondary N) is 1. The van der Waals surface area contributed by atoms with Crippen LogP contribution in [0.25, 0.3) is 0 Å². The molecule has 0 saturated heterocycles. The molecule has 0 aromatic carbocycles. The van der Waals surface area contributed by atoms with E-state index >= 15 is 0 Å². The Kier molecular flexibility index (Phi) is 5.54. The highest BCUT2D eigenvalue weighted by Crippen LogP contribution is 2.11. The molecule has 0 aliphatic heterocycles. The summed E-state index contributed by atoms with van der Waals surface area (Å²) in [5.41, 5.74) is -0.441. The van der Waals surface area contributed by atoms with E-state index in [0.29, 0.717) is 12.6 Å². The predicted molar refractivity (Wildman–Crippen MR) is 76.7 cm³/mol. The highest BCUT2D eigenvalue weighted by Gasteiger charge is 2.17. The number of nitrogens with zero attached hydrogens (tertiary/aromatic N) is 2. The van der Waals surface area contributed by atoms with Crippen LogP contribution in [0.4, 0.5) is 0 Å². The molecule has 1 rings (SSSR count). The summed E-state index contributed by atoms with van der Waals surface area (Å²) < 4.78 is 7.11. The number of ether oxygens (including phenoxy) is 1. The van der Waals surface area contributed by atoms with Crippen molar-refractivity contribution >= 4 is 0 Å². The SMILES string of the molecule is CC(C)NCCCOc1nccn(C(C)(C)C)c1=O. The van der Waals surface area contributed by atoms with Crippen LogP contribution >= 0.6 is 0 Å². The van der Waals surface area contributed by atoms with Gasteiger partial charge < -0.3 is 14.6 Å². The summed E-state index contributed by atoms with van der Waals surface area (Å²) in [6, 6.07) is 0.466. The predicted octanol–water partition coefficient (Wildman–Crippen LogP) is 1.77. The maximum Gasteiger partial charge on any atom is 0.313 e. The molecule has 1 heterocycles. The van der Waals surface area contributed by atoms with Gasteiger partial charge in [-0.05, 0) is 33.7 Å². The van der Waals surface area contributed by atoms with Gasteiger partial charge in [-0.25, -0.2) is 4.98 Å². The van der Waals surface area contributed by atoms with Gasteiger partial charge in [0, 0.05) is 24.0 Å². The maximum absolute atomic E-state index is 12.1. The van der Waals surface area contributed by atoms with Crippen molar-refractivity contribution in [2.75, 3.05) is 13.2 Å². The van der Waals surface area contributed by atoms with E-state index in [1.54, 1.807) is 17.0 Å². The molecular weight excluding hydrogens is 242 g/mol. The third-order valence-corrected chi connectivity index (χ3v) is 2.64. The summed E-state index contributed by atoms with van der Waals surface area (Å²) in [7, 11) is 0. The zero-order valence-corrected chi connectivity index (χ0v) is 12.6. The topological polar surface area (TPSA) is 56.1 Å². The van der Waals surface area contributed by atoms with Gasteiger partial charge in [0.05, 0.1) is 6.61 Å². The van der Waals surface area contributed by atoms with Crippen molar-refractivity contribution in [3.05, 3.63) is 22.7 Å². The van der Waals surface area contributed by atoms with Crippen LogP contribution in [0.3, 0.4) is 0 Å². The van der Waals surface area contributed by atoms with E-state index < -0.39 is 0 Å². The highest BCUT2D eigenvalue weighted by atomic mass is 16.5. The number of hydrogen-bond donors (Lipinski definition) is 1. The fourth-order valence-electron chi connectivity index (χ4n) is 1.65. The van der Waals surface area contributed by atoms with Crippen molar-refractivity contribution in [2.24, 2.45) is 0 Å². The van der Waals surface area contributed by atoms with E-state index in [4.69, 9.17) is 4.74 Å². The lowest BCUT2D eigenvalue weighted by molar-refractivity contribution is 0.279. The standard InChI is InChI=1S/C14H25N3O2/c1-11(2)15-7-6-10-19-12-13(18)17(9-8-16-12)14(3,4)5/h8-9,11,15H,6-7,10H2,1-5H3. The first kappa shape index (κ1) is 15.7. The average Bonchev–Trinajstić information content (AvgIpc) is 2.28. The second-order valence-corrected chi connectivity index (χ2v) is 5.89. The largest absolute Gasteiger partial charge is 0.474 e. The van der Waals surface area contributed by atoms with E-state index in [-0.39, 0.29) is 17.0 Å². The van der Waals surface area contributed by atoms with E-state index in [1.165, 1.54) is 0 Å². The van der Waals surface area contributed by atoms with Gasteiger partial charge in [0.25, 0.3) is 5.88 Å². The Morgan fingerprint density at radius 2 is 2.11 bits per heavy atom. The van der Waals surface area contributed by atoms with Gasteiger partial charge in [-0.2, -0.15) is 0 Å². The smallest absolute Gasteiger partial charge is 0.313 e. The highest BCUT2D eigenvalue weighted by molar-refractivity contribution is 5.06. The summed E-state index contributed by atoms with van der Waals surface area (Å²) >= 11 is 0. The van der Waals surface area contributed by atoms with Crippen molar-refractivity contribution in [3.63, 3.8) is 0 Å². The van der Waals surface area contributed by atoms with Crippen molar-refractivity contribution in [1.82, 2.24) is 14.9 Å². The molecule has 5 nitrogen and oxygen atoms in total. The van der Waals surface area contributed by atoms with Gasteiger partial charge in [0.1, 0.15) is 0 Å². The third kappa shape index (κ3) is 5.03. The first-order chi connectivity index (χ1) is 8.82. The molecule has 0 aliphatic carbocycles. The van der Waals surface area contributed by atoms with Crippen LogP contribution < -0.4 is 15.6 Å². The summed E-state index contributed by atoms with van der Waals surface area (Å²) in [6.07, 6.45) is 4.15. The molecular formula is C14H25N3O2. The van der Waals surface area contributed by atoms with Crippen LogP contribution in [0.15, 0.2) is 17.2 Å². The maximum atomic E-state index is 12.1. The van der Waals surface area contributed by atoms with Gasteiger partial charge >= 0.3 is 5.56 Å². The van der Waals surface area contributed by atoms with Crippen LogP contribution in [0.5, 0.6) is 5.88 Å². The van der Waals surface area contributed by atoms with Crippen LogP contribution in [0.2, 0.25) is 0 Å². The van der Waals surface area contributed by atoms with Crippen LogP contribution in [-0.2, 0) is 5.54 Å². The molecule has 0 atom stereocenters. The Labute approximate surface area is 115 Å². The molecule has 1 N–H and O–H groups in total. The quantitative estimate of drug-likeness (QED) is 0.798.